The van der Waals surface area contributed by atoms with Gasteiger partial charge in [-0.25, -0.2) is 14.5 Å². The third-order valence-corrected chi connectivity index (χ3v) is 4.64. The molecule has 1 aromatic carbocycles. The zero-order chi connectivity index (χ0) is 17.7. The van der Waals surface area contributed by atoms with Gasteiger partial charge in [0, 0.05) is 12.2 Å². The molecule has 6 heteroatoms. The highest BCUT2D eigenvalue weighted by atomic mass is 16.3. The Kier molecular flexibility index (Phi) is 3.49. The van der Waals surface area contributed by atoms with Crippen LogP contribution in [-0.4, -0.2) is 29.3 Å². The number of aromatic hydroxyl groups is 1. The maximum absolute atomic E-state index is 10.1. The smallest absolute Gasteiger partial charge is 0.185 e. The van der Waals surface area contributed by atoms with E-state index in [1.165, 1.54) is 11.3 Å². The lowest BCUT2D eigenvalue weighted by Crippen LogP contribution is -2.07. The lowest BCUT2D eigenvalue weighted by Gasteiger charge is -2.10. The minimum atomic E-state index is 0.174. The lowest BCUT2D eigenvalue weighted by atomic mass is 10.2. The molecule has 0 unspecified atom stereocenters. The highest BCUT2D eigenvalue weighted by Gasteiger charge is 2.19. The lowest BCUT2D eigenvalue weighted by molar-refractivity contribution is 0.477. The minimum absolute atomic E-state index is 0.174. The van der Waals surface area contributed by atoms with E-state index >= 15 is 0 Å². The summed E-state index contributed by atoms with van der Waals surface area (Å²) in [5.41, 5.74) is 4.70. The van der Waals surface area contributed by atoms with Gasteiger partial charge in [0.25, 0.3) is 0 Å². The molecular formula is C19H21N5O. The molecule has 0 radical (unpaired) electrons. The average Bonchev–Trinajstić information content (AvgIpc) is 3.10. The van der Waals surface area contributed by atoms with Crippen LogP contribution in [0, 0.1) is 19.8 Å². The summed E-state index contributed by atoms with van der Waals surface area (Å²) in [6.45, 7) is 9.54. The summed E-state index contributed by atoms with van der Waals surface area (Å²) in [7, 11) is 0. The van der Waals surface area contributed by atoms with Crippen molar-refractivity contribution >= 4 is 16.7 Å². The number of phenolic OH excluding ortho intramolecular Hbond substituents is 1. The van der Waals surface area contributed by atoms with Crippen molar-refractivity contribution in [3.8, 4) is 17.1 Å². The maximum atomic E-state index is 10.1. The van der Waals surface area contributed by atoms with Crippen molar-refractivity contribution in [3.05, 3.63) is 41.9 Å². The van der Waals surface area contributed by atoms with Gasteiger partial charge in [-0.1, -0.05) is 26.0 Å². The third kappa shape index (κ3) is 2.36. The Labute approximate surface area is 145 Å². The fraction of sp³-hybridized carbons (Fsp3) is 0.316. The summed E-state index contributed by atoms with van der Waals surface area (Å²) in [6, 6.07) is 7.11. The van der Waals surface area contributed by atoms with E-state index in [0.29, 0.717) is 17.3 Å². The first kappa shape index (κ1) is 15.6. The van der Waals surface area contributed by atoms with E-state index in [1.54, 1.807) is 23.0 Å². The van der Waals surface area contributed by atoms with Crippen molar-refractivity contribution in [2.75, 3.05) is 0 Å². The number of benzene rings is 1. The van der Waals surface area contributed by atoms with Crippen LogP contribution in [0.3, 0.4) is 0 Å². The molecule has 0 fully saturated rings. The monoisotopic (exact) mass is 335 g/mol. The summed E-state index contributed by atoms with van der Waals surface area (Å²) >= 11 is 0. The molecule has 6 nitrogen and oxygen atoms in total. The molecule has 4 aromatic rings. The number of hydrogen-bond acceptors (Lipinski definition) is 4. The number of aromatic nitrogens is 5. The Bertz CT molecular complexity index is 1090. The zero-order valence-corrected chi connectivity index (χ0v) is 14.9. The van der Waals surface area contributed by atoms with Crippen molar-refractivity contribution < 1.29 is 5.11 Å². The first-order valence-electron chi connectivity index (χ1n) is 8.46. The first-order valence-corrected chi connectivity index (χ1v) is 8.46. The Morgan fingerprint density at radius 1 is 1.12 bits per heavy atom. The molecule has 0 atom stereocenters. The fourth-order valence-corrected chi connectivity index (χ4v) is 3.30. The van der Waals surface area contributed by atoms with Gasteiger partial charge in [0.05, 0.1) is 10.9 Å². The van der Waals surface area contributed by atoms with Gasteiger partial charge in [0.1, 0.15) is 17.7 Å². The van der Waals surface area contributed by atoms with Crippen LogP contribution in [0.15, 0.2) is 30.6 Å². The van der Waals surface area contributed by atoms with E-state index in [4.69, 9.17) is 4.98 Å². The van der Waals surface area contributed by atoms with Crippen molar-refractivity contribution in [2.45, 2.75) is 34.2 Å². The molecule has 0 saturated carbocycles. The fourth-order valence-electron chi connectivity index (χ4n) is 3.30. The standard InChI is InChI=1S/C19H21N5O/c1-11(2)9-23-13(4)12(3)16-18(23)20-10-24-19(16)21-17(22-24)14-7-5-6-8-15(14)25/h5-8,10-11,25H,9H2,1-4H3. The van der Waals surface area contributed by atoms with Crippen molar-refractivity contribution in [1.82, 2.24) is 24.1 Å². The molecule has 128 valence electrons. The summed E-state index contributed by atoms with van der Waals surface area (Å²) in [4.78, 5) is 9.34. The number of phenols is 1. The molecule has 4 rings (SSSR count). The predicted octanol–water partition coefficient (Wildman–Crippen LogP) is 3.72. The highest BCUT2D eigenvalue weighted by molar-refractivity contribution is 5.94. The van der Waals surface area contributed by atoms with E-state index in [-0.39, 0.29) is 5.75 Å². The first-order chi connectivity index (χ1) is 12.0. The van der Waals surface area contributed by atoms with Gasteiger partial charge in [-0.05, 0) is 37.5 Å². The van der Waals surface area contributed by atoms with E-state index < -0.39 is 0 Å². The van der Waals surface area contributed by atoms with Gasteiger partial charge >= 0.3 is 0 Å². The number of aryl methyl sites for hydroxylation is 1. The van der Waals surface area contributed by atoms with Crippen molar-refractivity contribution in [2.24, 2.45) is 5.92 Å². The van der Waals surface area contributed by atoms with Gasteiger partial charge in [0.15, 0.2) is 11.5 Å². The van der Waals surface area contributed by atoms with Crippen LogP contribution in [0.2, 0.25) is 0 Å². The van der Waals surface area contributed by atoms with Crippen LogP contribution in [0.5, 0.6) is 5.75 Å². The van der Waals surface area contributed by atoms with Crippen molar-refractivity contribution in [3.63, 3.8) is 0 Å². The Hall–Kier alpha value is -2.89. The molecule has 0 aliphatic heterocycles. The van der Waals surface area contributed by atoms with Gasteiger partial charge in [-0.2, -0.15) is 0 Å². The molecule has 0 spiro atoms. The summed E-state index contributed by atoms with van der Waals surface area (Å²) in [6.07, 6.45) is 1.70. The number of nitrogens with zero attached hydrogens (tertiary/aromatic N) is 5. The average molecular weight is 335 g/mol. The summed E-state index contributed by atoms with van der Waals surface area (Å²) in [5, 5.41) is 15.6. The van der Waals surface area contributed by atoms with Gasteiger partial charge in [-0.15, -0.1) is 5.10 Å². The Morgan fingerprint density at radius 3 is 2.60 bits per heavy atom. The van der Waals surface area contributed by atoms with Gasteiger partial charge in [0.2, 0.25) is 0 Å². The van der Waals surface area contributed by atoms with Crippen LogP contribution < -0.4 is 0 Å². The van der Waals surface area contributed by atoms with Crippen LogP contribution in [0.4, 0.5) is 0 Å². The highest BCUT2D eigenvalue weighted by Crippen LogP contribution is 2.30. The quantitative estimate of drug-likeness (QED) is 0.619. The maximum Gasteiger partial charge on any atom is 0.185 e. The van der Waals surface area contributed by atoms with E-state index in [1.807, 2.05) is 12.1 Å². The number of fused-ring (bicyclic) bond motifs is 3. The number of para-hydroxylation sites is 1. The molecule has 0 bridgehead atoms. The van der Waals surface area contributed by atoms with Crippen LogP contribution >= 0.6 is 0 Å². The molecule has 3 heterocycles. The molecule has 0 aliphatic carbocycles. The van der Waals surface area contributed by atoms with E-state index in [0.717, 1.165) is 23.2 Å². The predicted molar refractivity (Wildman–Crippen MR) is 97.7 cm³/mol. The second kappa shape index (κ2) is 5.58. The summed E-state index contributed by atoms with van der Waals surface area (Å²) in [5.74, 6) is 1.20. The Balaban J connectivity index is 2.00. The van der Waals surface area contributed by atoms with Gasteiger partial charge < -0.3 is 9.67 Å². The summed E-state index contributed by atoms with van der Waals surface area (Å²) < 4.78 is 3.94. The van der Waals surface area contributed by atoms with E-state index in [9.17, 15) is 5.11 Å². The Morgan fingerprint density at radius 2 is 1.88 bits per heavy atom. The minimum Gasteiger partial charge on any atom is -0.507 e. The second-order valence-electron chi connectivity index (χ2n) is 6.88. The van der Waals surface area contributed by atoms with Crippen LogP contribution in [0.25, 0.3) is 28.1 Å². The second-order valence-corrected chi connectivity index (χ2v) is 6.88. The largest absolute Gasteiger partial charge is 0.507 e. The van der Waals surface area contributed by atoms with E-state index in [2.05, 4.69) is 42.3 Å². The zero-order valence-electron chi connectivity index (χ0n) is 14.9. The topological polar surface area (TPSA) is 68.2 Å². The molecule has 1 N–H and O–H groups in total. The molecule has 0 amide bonds. The normalized spacial score (nSPS) is 11.9. The van der Waals surface area contributed by atoms with Crippen LogP contribution in [-0.2, 0) is 6.54 Å². The van der Waals surface area contributed by atoms with Gasteiger partial charge in [-0.3, -0.25) is 0 Å². The molecule has 3 aromatic heterocycles. The molecule has 0 saturated heterocycles. The number of hydrogen-bond donors (Lipinski definition) is 1. The molecular weight excluding hydrogens is 314 g/mol. The third-order valence-electron chi connectivity index (χ3n) is 4.64. The SMILES string of the molecule is Cc1c(C)n(CC(C)C)c2ncn3nc(-c4ccccc4O)nc3c12. The molecule has 0 aliphatic rings. The molecule has 25 heavy (non-hydrogen) atoms. The van der Waals surface area contributed by atoms with Crippen molar-refractivity contribution in [1.29, 1.82) is 0 Å². The van der Waals surface area contributed by atoms with Crippen LogP contribution in [0.1, 0.15) is 25.1 Å². The number of rotatable bonds is 3.